The van der Waals surface area contributed by atoms with Crippen molar-refractivity contribution < 1.29 is 19.1 Å². The first kappa shape index (κ1) is 19.4. The van der Waals surface area contributed by atoms with E-state index in [1.165, 1.54) is 16.2 Å². The standard InChI is InChI=1S/C19H23N3O4S/c20-13-19(8-2-1-3-9-19)21-16(23)12-26-18(25)14-6-4-10-22(14)17(24)15-7-5-11-27-15/h5,7,11,14H,1-4,6,8-10,12H2,(H,21,23)/t14-/m0/s1. The van der Waals surface area contributed by atoms with Crippen molar-refractivity contribution in [3.63, 3.8) is 0 Å². The van der Waals surface area contributed by atoms with E-state index in [-0.39, 0.29) is 5.91 Å². The number of carbonyl (C=O) groups is 3. The van der Waals surface area contributed by atoms with Gasteiger partial charge in [-0.15, -0.1) is 11.3 Å². The molecule has 7 nitrogen and oxygen atoms in total. The molecule has 1 atom stereocenters. The molecule has 1 aromatic rings. The second-order valence-electron chi connectivity index (χ2n) is 7.04. The number of esters is 1. The first-order valence-corrected chi connectivity index (χ1v) is 10.2. The Morgan fingerprint density at radius 3 is 2.74 bits per heavy atom. The van der Waals surface area contributed by atoms with E-state index in [4.69, 9.17) is 4.74 Å². The van der Waals surface area contributed by atoms with Crippen molar-refractivity contribution in [1.82, 2.24) is 10.2 Å². The fraction of sp³-hybridized carbons (Fsp3) is 0.579. The first-order valence-electron chi connectivity index (χ1n) is 9.28. The maximum absolute atomic E-state index is 12.5. The molecule has 1 saturated carbocycles. The fourth-order valence-corrected chi connectivity index (χ4v) is 4.43. The van der Waals surface area contributed by atoms with Crippen LogP contribution in [-0.4, -0.2) is 47.4 Å². The van der Waals surface area contributed by atoms with Crippen LogP contribution < -0.4 is 5.32 Å². The topological polar surface area (TPSA) is 99.5 Å². The summed E-state index contributed by atoms with van der Waals surface area (Å²) < 4.78 is 5.17. The summed E-state index contributed by atoms with van der Waals surface area (Å²) in [6, 6.07) is 5.07. The van der Waals surface area contributed by atoms with Gasteiger partial charge in [-0.3, -0.25) is 9.59 Å². The van der Waals surface area contributed by atoms with Gasteiger partial charge in [0.1, 0.15) is 11.6 Å². The van der Waals surface area contributed by atoms with Gasteiger partial charge in [0.05, 0.1) is 10.9 Å². The molecular formula is C19H23N3O4S. The lowest BCUT2D eigenvalue weighted by Gasteiger charge is -2.31. The number of carbonyl (C=O) groups excluding carboxylic acids is 3. The van der Waals surface area contributed by atoms with Crippen LogP contribution in [-0.2, 0) is 14.3 Å². The summed E-state index contributed by atoms with van der Waals surface area (Å²) in [4.78, 5) is 39.2. The number of hydrogen-bond donors (Lipinski definition) is 1. The summed E-state index contributed by atoms with van der Waals surface area (Å²) in [6.07, 6.45) is 5.35. The van der Waals surface area contributed by atoms with Crippen LogP contribution in [0.5, 0.6) is 0 Å². The Hall–Kier alpha value is -2.40. The zero-order valence-electron chi connectivity index (χ0n) is 15.1. The molecule has 8 heteroatoms. The minimum Gasteiger partial charge on any atom is -0.454 e. The quantitative estimate of drug-likeness (QED) is 0.779. The van der Waals surface area contributed by atoms with Gasteiger partial charge in [-0.25, -0.2) is 4.79 Å². The minimum absolute atomic E-state index is 0.181. The summed E-state index contributed by atoms with van der Waals surface area (Å²) in [5.41, 5.74) is -0.851. The lowest BCUT2D eigenvalue weighted by molar-refractivity contribution is -0.152. The Morgan fingerprint density at radius 1 is 1.30 bits per heavy atom. The highest BCUT2D eigenvalue weighted by molar-refractivity contribution is 7.12. The predicted molar refractivity (Wildman–Crippen MR) is 98.9 cm³/mol. The second-order valence-corrected chi connectivity index (χ2v) is 7.99. The van der Waals surface area contributed by atoms with Gasteiger partial charge in [0.2, 0.25) is 0 Å². The highest BCUT2D eigenvalue weighted by Crippen LogP contribution is 2.27. The number of rotatable bonds is 5. The Kier molecular flexibility index (Phi) is 6.11. The van der Waals surface area contributed by atoms with Crippen LogP contribution in [0.2, 0.25) is 0 Å². The number of ether oxygens (including phenoxy) is 1. The molecule has 0 bridgehead atoms. The number of likely N-dealkylation sites (tertiary alicyclic amines) is 1. The molecule has 2 fully saturated rings. The highest BCUT2D eigenvalue weighted by atomic mass is 32.1. The molecule has 1 aliphatic carbocycles. The number of nitrogens with zero attached hydrogens (tertiary/aromatic N) is 2. The van der Waals surface area contributed by atoms with Crippen LogP contribution in [0.3, 0.4) is 0 Å². The van der Waals surface area contributed by atoms with E-state index in [2.05, 4.69) is 11.4 Å². The lowest BCUT2D eigenvalue weighted by atomic mass is 9.83. The Morgan fingerprint density at radius 2 is 2.07 bits per heavy atom. The molecule has 27 heavy (non-hydrogen) atoms. The molecule has 0 spiro atoms. The maximum atomic E-state index is 12.5. The normalized spacial score (nSPS) is 21.3. The zero-order valence-corrected chi connectivity index (χ0v) is 15.9. The van der Waals surface area contributed by atoms with E-state index in [1.807, 2.05) is 5.38 Å². The van der Waals surface area contributed by atoms with Crippen LogP contribution in [0, 0.1) is 11.3 Å². The molecule has 0 unspecified atom stereocenters. The zero-order chi connectivity index (χ0) is 19.3. The molecule has 1 aliphatic heterocycles. The molecule has 1 N–H and O–H groups in total. The molecule has 1 saturated heterocycles. The maximum Gasteiger partial charge on any atom is 0.329 e. The van der Waals surface area contributed by atoms with Gasteiger partial charge in [0, 0.05) is 6.54 Å². The van der Waals surface area contributed by atoms with Crippen LogP contribution >= 0.6 is 11.3 Å². The predicted octanol–water partition coefficient (Wildman–Crippen LogP) is 2.24. The van der Waals surface area contributed by atoms with Gasteiger partial charge < -0.3 is 15.0 Å². The van der Waals surface area contributed by atoms with Gasteiger partial charge in [-0.05, 0) is 37.1 Å². The van der Waals surface area contributed by atoms with Crippen molar-refractivity contribution in [3.05, 3.63) is 22.4 Å². The molecule has 0 radical (unpaired) electrons. The molecule has 2 heterocycles. The van der Waals surface area contributed by atoms with E-state index in [0.717, 1.165) is 25.7 Å². The lowest BCUT2D eigenvalue weighted by Crippen LogP contribution is -2.50. The number of hydrogen-bond acceptors (Lipinski definition) is 6. The molecule has 2 amide bonds. The summed E-state index contributed by atoms with van der Waals surface area (Å²) in [5, 5.41) is 14.0. The largest absolute Gasteiger partial charge is 0.454 e. The third-order valence-electron chi connectivity index (χ3n) is 5.16. The SMILES string of the molecule is N#CC1(NC(=O)COC(=O)[C@@H]2CCCN2C(=O)c2cccs2)CCCCC1. The number of nitrogens with one attached hydrogen (secondary N) is 1. The van der Waals surface area contributed by atoms with Crippen molar-refractivity contribution in [1.29, 1.82) is 5.26 Å². The van der Waals surface area contributed by atoms with Crippen molar-refractivity contribution in [2.45, 2.75) is 56.5 Å². The van der Waals surface area contributed by atoms with Gasteiger partial charge in [-0.1, -0.05) is 25.3 Å². The van der Waals surface area contributed by atoms with Crippen LogP contribution in [0.4, 0.5) is 0 Å². The second kappa shape index (κ2) is 8.53. The molecule has 0 aromatic carbocycles. The third-order valence-corrected chi connectivity index (χ3v) is 6.02. The van der Waals surface area contributed by atoms with E-state index >= 15 is 0 Å². The van der Waals surface area contributed by atoms with Crippen LogP contribution in [0.15, 0.2) is 17.5 Å². The molecule has 1 aromatic heterocycles. The van der Waals surface area contributed by atoms with E-state index in [0.29, 0.717) is 30.7 Å². The van der Waals surface area contributed by atoms with Crippen molar-refractivity contribution in [2.24, 2.45) is 0 Å². The van der Waals surface area contributed by atoms with Crippen molar-refractivity contribution in [3.8, 4) is 6.07 Å². The number of thiophene rings is 1. The van der Waals surface area contributed by atoms with Crippen LogP contribution in [0.1, 0.15) is 54.6 Å². The first-order chi connectivity index (χ1) is 13.0. The summed E-state index contributed by atoms with van der Waals surface area (Å²) in [7, 11) is 0. The summed E-state index contributed by atoms with van der Waals surface area (Å²) in [6.45, 7) is 0.0695. The van der Waals surface area contributed by atoms with E-state index in [9.17, 15) is 19.6 Å². The van der Waals surface area contributed by atoms with Crippen molar-refractivity contribution in [2.75, 3.05) is 13.2 Å². The van der Waals surface area contributed by atoms with Gasteiger partial charge in [0.25, 0.3) is 11.8 Å². The van der Waals surface area contributed by atoms with Gasteiger partial charge >= 0.3 is 5.97 Å². The Bertz CT molecular complexity index is 735. The molecule has 3 rings (SSSR count). The van der Waals surface area contributed by atoms with Gasteiger partial charge in [-0.2, -0.15) is 5.26 Å². The average molecular weight is 389 g/mol. The Labute approximate surface area is 162 Å². The minimum atomic E-state index is -0.851. The Balaban J connectivity index is 1.53. The monoisotopic (exact) mass is 389 g/mol. The van der Waals surface area contributed by atoms with E-state index < -0.39 is 30.1 Å². The molecule has 144 valence electrons. The number of nitriles is 1. The smallest absolute Gasteiger partial charge is 0.329 e. The average Bonchev–Trinajstić information content (AvgIpc) is 3.38. The molecular weight excluding hydrogens is 366 g/mol. The summed E-state index contributed by atoms with van der Waals surface area (Å²) >= 11 is 1.33. The van der Waals surface area contributed by atoms with Crippen molar-refractivity contribution >= 4 is 29.1 Å². The van der Waals surface area contributed by atoms with E-state index in [1.54, 1.807) is 12.1 Å². The third kappa shape index (κ3) is 4.48. The van der Waals surface area contributed by atoms with Gasteiger partial charge in [0.15, 0.2) is 6.61 Å². The summed E-state index contributed by atoms with van der Waals surface area (Å²) in [5.74, 6) is -1.22. The highest BCUT2D eigenvalue weighted by Gasteiger charge is 2.37. The fourth-order valence-electron chi connectivity index (χ4n) is 3.75. The number of amides is 2. The van der Waals surface area contributed by atoms with Crippen LogP contribution in [0.25, 0.3) is 0 Å². The molecule has 2 aliphatic rings.